The fourth-order valence-electron chi connectivity index (χ4n) is 2.44. The number of nitrogens with zero attached hydrogens (tertiary/aromatic N) is 1. The van der Waals surface area contributed by atoms with E-state index in [1.165, 1.54) is 30.3 Å². The summed E-state index contributed by atoms with van der Waals surface area (Å²) in [6.07, 6.45) is 0. The lowest BCUT2D eigenvalue weighted by molar-refractivity contribution is -0.0498. The van der Waals surface area contributed by atoms with Gasteiger partial charge in [-0.1, -0.05) is 6.07 Å². The smallest absolute Gasteiger partial charge is 0.387 e. The highest BCUT2D eigenvalue weighted by Gasteiger charge is 2.10. The van der Waals surface area contributed by atoms with Gasteiger partial charge in [-0.3, -0.25) is 9.59 Å². The van der Waals surface area contributed by atoms with Gasteiger partial charge >= 0.3 is 6.61 Å². The maximum absolute atomic E-state index is 12.3. The van der Waals surface area contributed by atoms with E-state index in [9.17, 15) is 18.4 Å². The summed E-state index contributed by atoms with van der Waals surface area (Å²) < 4.78 is 28.8. The molecule has 138 valence electrons. The first kappa shape index (κ1) is 18.2. The molecule has 0 saturated carbocycles. The van der Waals surface area contributed by atoms with Crippen LogP contribution in [0.2, 0.25) is 0 Å². The molecule has 0 aliphatic heterocycles. The Labute approximate surface area is 152 Å². The molecule has 0 radical (unpaired) electrons. The lowest BCUT2D eigenvalue weighted by Crippen LogP contribution is -2.12. The van der Waals surface area contributed by atoms with E-state index in [2.05, 4.69) is 20.0 Å². The summed E-state index contributed by atoms with van der Waals surface area (Å²) in [5.74, 6) is -0.137. The highest BCUT2D eigenvalue weighted by atomic mass is 19.3. The number of hydrogen-bond acceptors (Lipinski definition) is 4. The van der Waals surface area contributed by atoms with Gasteiger partial charge in [0.25, 0.3) is 11.5 Å². The van der Waals surface area contributed by atoms with Gasteiger partial charge in [-0.2, -0.15) is 8.78 Å². The summed E-state index contributed by atoms with van der Waals surface area (Å²) in [7, 11) is 0. The van der Waals surface area contributed by atoms with Crippen molar-refractivity contribution in [2.24, 2.45) is 0 Å². The number of carbonyl (C=O) groups is 1. The second-order valence-electron chi connectivity index (χ2n) is 5.67. The Balaban J connectivity index is 1.74. The van der Waals surface area contributed by atoms with Gasteiger partial charge < -0.3 is 15.0 Å². The summed E-state index contributed by atoms with van der Waals surface area (Å²) in [5, 5.41) is 2.67. The molecule has 0 saturated heterocycles. The molecule has 1 amide bonds. The Hall–Kier alpha value is -3.55. The molecule has 0 fully saturated rings. The average molecular weight is 371 g/mol. The van der Waals surface area contributed by atoms with Crippen molar-refractivity contribution in [3.8, 4) is 17.1 Å². The number of amides is 1. The number of ether oxygens (including phenoxy) is 1. The molecule has 1 heterocycles. The zero-order valence-corrected chi connectivity index (χ0v) is 14.2. The third kappa shape index (κ3) is 4.75. The van der Waals surface area contributed by atoms with E-state index in [4.69, 9.17) is 0 Å². The minimum atomic E-state index is -2.96. The van der Waals surface area contributed by atoms with Gasteiger partial charge in [-0.25, -0.2) is 4.98 Å². The number of H-pyrrole nitrogens is 1. The number of aromatic amines is 1. The molecule has 2 aromatic carbocycles. The standard InChI is InChI=1S/C19H15F2N3O3/c1-11-9-16(25)24-17(22-11)12-5-7-14(8-6-12)23-18(26)13-3-2-4-15(10-13)27-19(20)21/h2-10,19H,1H3,(H,23,26)(H,22,24,25). The number of nitrogens with one attached hydrogen (secondary N) is 2. The van der Waals surface area contributed by atoms with Crippen LogP contribution < -0.4 is 15.6 Å². The molecule has 27 heavy (non-hydrogen) atoms. The molecule has 3 aromatic rings. The molecule has 0 atom stereocenters. The maximum Gasteiger partial charge on any atom is 0.387 e. The molecule has 0 bridgehead atoms. The predicted octanol–water partition coefficient (Wildman–Crippen LogP) is 3.60. The summed E-state index contributed by atoms with van der Waals surface area (Å²) >= 11 is 0. The molecule has 2 N–H and O–H groups in total. The Morgan fingerprint density at radius 2 is 1.89 bits per heavy atom. The lowest BCUT2D eigenvalue weighted by Gasteiger charge is -2.09. The number of anilines is 1. The van der Waals surface area contributed by atoms with E-state index in [0.29, 0.717) is 22.8 Å². The Morgan fingerprint density at radius 1 is 1.15 bits per heavy atom. The van der Waals surface area contributed by atoms with Crippen molar-refractivity contribution >= 4 is 11.6 Å². The Kier molecular flexibility index (Phi) is 5.25. The van der Waals surface area contributed by atoms with Crippen LogP contribution in [0.5, 0.6) is 5.75 Å². The van der Waals surface area contributed by atoms with Crippen LogP contribution in [0.4, 0.5) is 14.5 Å². The fourth-order valence-corrected chi connectivity index (χ4v) is 2.44. The zero-order chi connectivity index (χ0) is 19.4. The van der Waals surface area contributed by atoms with E-state index >= 15 is 0 Å². The van der Waals surface area contributed by atoms with Crippen molar-refractivity contribution in [1.82, 2.24) is 9.97 Å². The molecule has 0 unspecified atom stereocenters. The number of benzene rings is 2. The zero-order valence-electron chi connectivity index (χ0n) is 14.2. The van der Waals surface area contributed by atoms with Gasteiger partial charge in [-0.05, 0) is 49.4 Å². The van der Waals surface area contributed by atoms with Crippen molar-refractivity contribution in [2.45, 2.75) is 13.5 Å². The quantitative estimate of drug-likeness (QED) is 0.718. The molecule has 3 rings (SSSR count). The van der Waals surface area contributed by atoms with Crippen LogP contribution in [0, 0.1) is 6.92 Å². The maximum atomic E-state index is 12.3. The minimum Gasteiger partial charge on any atom is -0.435 e. The fraction of sp³-hybridized carbons (Fsp3) is 0.105. The van der Waals surface area contributed by atoms with Gasteiger partial charge in [0.2, 0.25) is 0 Å². The third-order valence-electron chi connectivity index (χ3n) is 3.61. The molecule has 8 heteroatoms. The summed E-state index contributed by atoms with van der Waals surface area (Å²) in [6, 6.07) is 13.6. The van der Waals surface area contributed by atoms with Gasteiger partial charge in [-0.15, -0.1) is 0 Å². The minimum absolute atomic E-state index is 0.0949. The van der Waals surface area contributed by atoms with Crippen LogP contribution in [-0.2, 0) is 0 Å². The number of alkyl halides is 2. The number of aromatic nitrogens is 2. The highest BCUT2D eigenvalue weighted by molar-refractivity contribution is 6.04. The molecule has 0 aliphatic rings. The number of carbonyl (C=O) groups excluding carboxylic acids is 1. The van der Waals surface area contributed by atoms with E-state index in [0.717, 1.165) is 0 Å². The van der Waals surface area contributed by atoms with Crippen molar-refractivity contribution in [3.05, 3.63) is 76.2 Å². The second-order valence-corrected chi connectivity index (χ2v) is 5.67. The SMILES string of the molecule is Cc1cc(=O)[nH]c(-c2ccc(NC(=O)c3cccc(OC(F)F)c3)cc2)n1. The van der Waals surface area contributed by atoms with E-state index < -0.39 is 12.5 Å². The van der Waals surface area contributed by atoms with Gasteiger partial charge in [0.1, 0.15) is 11.6 Å². The first-order valence-electron chi connectivity index (χ1n) is 7.95. The highest BCUT2D eigenvalue weighted by Crippen LogP contribution is 2.20. The van der Waals surface area contributed by atoms with Crippen LogP contribution in [0.3, 0.4) is 0 Å². The van der Waals surface area contributed by atoms with E-state index in [1.807, 2.05) is 0 Å². The second kappa shape index (κ2) is 7.77. The molecular weight excluding hydrogens is 356 g/mol. The number of halogens is 2. The summed E-state index contributed by atoms with van der Waals surface area (Å²) in [4.78, 5) is 30.7. The van der Waals surface area contributed by atoms with Crippen molar-refractivity contribution in [2.75, 3.05) is 5.32 Å². The largest absolute Gasteiger partial charge is 0.435 e. The molecule has 6 nitrogen and oxygen atoms in total. The van der Waals surface area contributed by atoms with E-state index in [-0.39, 0.29) is 16.9 Å². The van der Waals surface area contributed by atoms with E-state index in [1.54, 1.807) is 31.2 Å². The molecule has 1 aromatic heterocycles. The van der Waals surface area contributed by atoms with Gasteiger partial charge in [0.15, 0.2) is 0 Å². The van der Waals surface area contributed by atoms with Crippen LogP contribution >= 0.6 is 0 Å². The first-order valence-corrected chi connectivity index (χ1v) is 7.95. The Bertz CT molecular complexity index is 1020. The molecule has 0 spiro atoms. The van der Waals surface area contributed by atoms with Crippen LogP contribution in [-0.4, -0.2) is 22.5 Å². The van der Waals surface area contributed by atoms with Crippen LogP contribution in [0.25, 0.3) is 11.4 Å². The van der Waals surface area contributed by atoms with Gasteiger partial charge in [0, 0.05) is 28.6 Å². The van der Waals surface area contributed by atoms with Crippen molar-refractivity contribution < 1.29 is 18.3 Å². The predicted molar refractivity (Wildman–Crippen MR) is 96.1 cm³/mol. The number of rotatable bonds is 5. The number of hydrogen-bond donors (Lipinski definition) is 2. The molecular formula is C19H15F2N3O3. The molecule has 0 aliphatic carbocycles. The average Bonchev–Trinajstić information content (AvgIpc) is 2.61. The summed E-state index contributed by atoms with van der Waals surface area (Å²) in [6.45, 7) is -1.24. The normalized spacial score (nSPS) is 10.7. The van der Waals surface area contributed by atoms with Crippen molar-refractivity contribution in [1.29, 1.82) is 0 Å². The van der Waals surface area contributed by atoms with Gasteiger partial charge in [0.05, 0.1) is 0 Å². The van der Waals surface area contributed by atoms with Crippen LogP contribution in [0.15, 0.2) is 59.4 Å². The number of aryl methyl sites for hydroxylation is 1. The summed E-state index contributed by atoms with van der Waals surface area (Å²) in [5.41, 5.74) is 1.71. The van der Waals surface area contributed by atoms with Crippen LogP contribution in [0.1, 0.15) is 16.1 Å². The lowest BCUT2D eigenvalue weighted by atomic mass is 10.1. The van der Waals surface area contributed by atoms with Crippen molar-refractivity contribution in [3.63, 3.8) is 0 Å². The topological polar surface area (TPSA) is 84.1 Å². The monoisotopic (exact) mass is 371 g/mol. The third-order valence-corrected chi connectivity index (χ3v) is 3.61. The first-order chi connectivity index (χ1) is 12.9. The Morgan fingerprint density at radius 3 is 2.56 bits per heavy atom.